The van der Waals surface area contributed by atoms with Crippen LogP contribution in [-0.2, 0) is 9.47 Å². The first-order chi connectivity index (χ1) is 9.40. The van der Waals surface area contributed by atoms with Gasteiger partial charge in [0.05, 0.1) is 19.3 Å². The fourth-order valence-electron chi connectivity index (χ4n) is 4.04. The summed E-state index contributed by atoms with van der Waals surface area (Å²) in [5, 5.41) is 10.4. The van der Waals surface area contributed by atoms with Crippen molar-refractivity contribution in [3.8, 4) is 0 Å². The lowest BCUT2D eigenvalue weighted by Crippen LogP contribution is -2.52. The smallest absolute Gasteiger partial charge is 0.170 e. The SMILES string of the molecule is CC(C)(C)C1CCN(C2CC3(CCC2O)OCCO3)C1. The quantitative estimate of drug-likeness (QED) is 0.799. The summed E-state index contributed by atoms with van der Waals surface area (Å²) in [5.41, 5.74) is 0.354. The maximum Gasteiger partial charge on any atom is 0.170 e. The van der Waals surface area contributed by atoms with Crippen LogP contribution in [0.4, 0.5) is 0 Å². The fraction of sp³-hybridized carbons (Fsp3) is 1.00. The molecule has 1 saturated carbocycles. The largest absolute Gasteiger partial charge is 0.391 e. The zero-order chi connectivity index (χ0) is 14.4. The summed E-state index contributed by atoms with van der Waals surface area (Å²) in [6.07, 6.45) is 3.46. The van der Waals surface area contributed by atoms with Crippen molar-refractivity contribution in [3.63, 3.8) is 0 Å². The third-order valence-corrected chi connectivity index (χ3v) is 5.51. The van der Waals surface area contributed by atoms with Crippen LogP contribution in [0, 0.1) is 11.3 Å². The molecule has 0 radical (unpaired) electrons. The second-order valence-corrected chi connectivity index (χ2v) is 7.83. The van der Waals surface area contributed by atoms with Crippen molar-refractivity contribution >= 4 is 0 Å². The van der Waals surface area contributed by atoms with E-state index in [1.165, 1.54) is 6.42 Å². The predicted molar refractivity (Wildman–Crippen MR) is 77.4 cm³/mol. The number of ether oxygens (including phenoxy) is 2. The maximum atomic E-state index is 10.4. The minimum Gasteiger partial charge on any atom is -0.391 e. The molecule has 2 saturated heterocycles. The summed E-state index contributed by atoms with van der Waals surface area (Å²) in [5.74, 6) is 0.321. The van der Waals surface area contributed by atoms with Crippen LogP contribution in [0.3, 0.4) is 0 Å². The molecule has 3 aliphatic rings. The molecule has 3 unspecified atom stereocenters. The Hall–Kier alpha value is -0.160. The van der Waals surface area contributed by atoms with Crippen LogP contribution < -0.4 is 0 Å². The van der Waals surface area contributed by atoms with Gasteiger partial charge in [0.25, 0.3) is 0 Å². The van der Waals surface area contributed by atoms with Crippen molar-refractivity contribution in [1.29, 1.82) is 0 Å². The molecular weight excluding hydrogens is 254 g/mol. The van der Waals surface area contributed by atoms with Crippen LogP contribution in [0.5, 0.6) is 0 Å². The van der Waals surface area contributed by atoms with Crippen molar-refractivity contribution in [3.05, 3.63) is 0 Å². The Kier molecular flexibility index (Phi) is 3.87. The highest BCUT2D eigenvalue weighted by molar-refractivity contribution is 4.96. The van der Waals surface area contributed by atoms with E-state index in [-0.39, 0.29) is 12.1 Å². The van der Waals surface area contributed by atoms with Gasteiger partial charge in [-0.05, 0) is 30.7 Å². The summed E-state index contributed by atoms with van der Waals surface area (Å²) in [6, 6.07) is 0.203. The lowest BCUT2D eigenvalue weighted by Gasteiger charge is -2.43. The van der Waals surface area contributed by atoms with Gasteiger partial charge in [0.2, 0.25) is 0 Å². The van der Waals surface area contributed by atoms with Crippen molar-refractivity contribution in [2.24, 2.45) is 11.3 Å². The van der Waals surface area contributed by atoms with Gasteiger partial charge in [0.15, 0.2) is 5.79 Å². The summed E-state index contributed by atoms with van der Waals surface area (Å²) in [7, 11) is 0. The molecule has 3 atom stereocenters. The van der Waals surface area contributed by atoms with E-state index >= 15 is 0 Å². The van der Waals surface area contributed by atoms with Crippen LogP contribution in [0.1, 0.15) is 46.5 Å². The standard InChI is InChI=1S/C16H29NO3/c1-15(2,3)12-5-7-17(11-12)13-10-16(6-4-14(13)18)19-8-9-20-16/h12-14,18H,4-11H2,1-3H3. The molecular formula is C16H29NO3. The molecule has 0 aromatic carbocycles. The minimum atomic E-state index is -0.399. The predicted octanol–water partition coefficient (Wildman–Crippen LogP) is 2.01. The summed E-state index contributed by atoms with van der Waals surface area (Å²) >= 11 is 0. The molecule has 0 amide bonds. The van der Waals surface area contributed by atoms with Gasteiger partial charge in [-0.15, -0.1) is 0 Å². The zero-order valence-corrected chi connectivity index (χ0v) is 13.1. The molecule has 1 spiro atoms. The number of hydrogen-bond acceptors (Lipinski definition) is 4. The molecule has 20 heavy (non-hydrogen) atoms. The van der Waals surface area contributed by atoms with Crippen LogP contribution >= 0.6 is 0 Å². The maximum absolute atomic E-state index is 10.4. The van der Waals surface area contributed by atoms with Gasteiger partial charge in [-0.3, -0.25) is 4.90 Å². The number of likely N-dealkylation sites (tertiary alicyclic amines) is 1. The van der Waals surface area contributed by atoms with Crippen LogP contribution in [0.25, 0.3) is 0 Å². The summed E-state index contributed by atoms with van der Waals surface area (Å²) in [4.78, 5) is 2.48. The lowest BCUT2D eigenvalue weighted by atomic mass is 9.80. The fourth-order valence-corrected chi connectivity index (χ4v) is 4.04. The van der Waals surface area contributed by atoms with E-state index < -0.39 is 5.79 Å². The van der Waals surface area contributed by atoms with E-state index in [0.717, 1.165) is 38.3 Å². The number of hydrogen-bond donors (Lipinski definition) is 1. The average Bonchev–Trinajstić information content (AvgIpc) is 3.02. The van der Waals surface area contributed by atoms with Gasteiger partial charge in [-0.25, -0.2) is 0 Å². The Labute approximate surface area is 122 Å². The number of aliphatic hydroxyl groups is 1. The molecule has 0 aromatic rings. The zero-order valence-electron chi connectivity index (χ0n) is 13.1. The molecule has 116 valence electrons. The normalized spacial score (nSPS) is 38.7. The number of nitrogens with zero attached hydrogens (tertiary/aromatic N) is 1. The van der Waals surface area contributed by atoms with Gasteiger partial charge in [0.1, 0.15) is 0 Å². The Bertz CT molecular complexity index is 346. The Morgan fingerprint density at radius 1 is 1.15 bits per heavy atom. The first kappa shape index (κ1) is 14.8. The number of aliphatic hydroxyl groups excluding tert-OH is 1. The molecule has 3 rings (SSSR count). The Balaban J connectivity index is 1.66. The van der Waals surface area contributed by atoms with E-state index in [9.17, 15) is 5.11 Å². The lowest BCUT2D eigenvalue weighted by molar-refractivity contribution is -0.204. The third kappa shape index (κ3) is 2.76. The summed E-state index contributed by atoms with van der Waals surface area (Å²) < 4.78 is 11.7. The van der Waals surface area contributed by atoms with Gasteiger partial charge < -0.3 is 14.6 Å². The van der Waals surface area contributed by atoms with Crippen LogP contribution in [0.15, 0.2) is 0 Å². The Morgan fingerprint density at radius 2 is 1.85 bits per heavy atom. The molecule has 4 heteroatoms. The first-order valence-corrected chi connectivity index (χ1v) is 8.10. The van der Waals surface area contributed by atoms with Gasteiger partial charge in [-0.1, -0.05) is 20.8 Å². The highest BCUT2D eigenvalue weighted by Crippen LogP contribution is 2.41. The topological polar surface area (TPSA) is 41.9 Å². The second-order valence-electron chi connectivity index (χ2n) is 7.83. The third-order valence-electron chi connectivity index (χ3n) is 5.51. The summed E-state index contributed by atoms with van der Waals surface area (Å²) in [6.45, 7) is 10.6. The molecule has 3 fully saturated rings. The van der Waals surface area contributed by atoms with Gasteiger partial charge in [-0.2, -0.15) is 0 Å². The van der Waals surface area contributed by atoms with E-state index in [0.29, 0.717) is 18.6 Å². The highest BCUT2D eigenvalue weighted by Gasteiger charge is 2.48. The van der Waals surface area contributed by atoms with E-state index in [1.807, 2.05) is 0 Å². The first-order valence-electron chi connectivity index (χ1n) is 8.10. The van der Waals surface area contributed by atoms with Gasteiger partial charge >= 0.3 is 0 Å². The van der Waals surface area contributed by atoms with Crippen molar-refractivity contribution in [2.75, 3.05) is 26.3 Å². The molecule has 0 bridgehead atoms. The highest BCUT2D eigenvalue weighted by atomic mass is 16.7. The minimum absolute atomic E-state index is 0.203. The van der Waals surface area contributed by atoms with Crippen LogP contribution in [-0.4, -0.2) is 54.2 Å². The van der Waals surface area contributed by atoms with E-state index in [1.54, 1.807) is 0 Å². The van der Waals surface area contributed by atoms with Gasteiger partial charge in [0, 0.05) is 25.4 Å². The molecule has 2 aliphatic heterocycles. The van der Waals surface area contributed by atoms with Crippen molar-refractivity contribution in [2.45, 2.75) is 64.4 Å². The second kappa shape index (κ2) is 5.24. The van der Waals surface area contributed by atoms with Crippen molar-refractivity contribution in [1.82, 2.24) is 4.90 Å². The molecule has 1 aliphatic carbocycles. The van der Waals surface area contributed by atoms with E-state index in [4.69, 9.17) is 9.47 Å². The molecule has 2 heterocycles. The van der Waals surface area contributed by atoms with Crippen molar-refractivity contribution < 1.29 is 14.6 Å². The van der Waals surface area contributed by atoms with E-state index in [2.05, 4.69) is 25.7 Å². The monoisotopic (exact) mass is 283 g/mol. The number of rotatable bonds is 1. The molecule has 0 aromatic heterocycles. The molecule has 4 nitrogen and oxygen atoms in total. The average molecular weight is 283 g/mol. The van der Waals surface area contributed by atoms with Crippen LogP contribution in [0.2, 0.25) is 0 Å². The molecule has 1 N–H and O–H groups in total. The Morgan fingerprint density at radius 3 is 2.45 bits per heavy atom.